The minimum Gasteiger partial charge on any atom is -0.478 e. The lowest BCUT2D eigenvalue weighted by atomic mass is 9.92. The Morgan fingerprint density at radius 3 is 2.65 bits per heavy atom. The zero-order valence-electron chi connectivity index (χ0n) is 8.97. The Bertz CT molecular complexity index is 495. The van der Waals surface area contributed by atoms with Crippen LogP contribution in [-0.2, 0) is 9.59 Å². The van der Waals surface area contributed by atoms with Crippen LogP contribution in [0.1, 0.15) is 34.8 Å². The van der Waals surface area contributed by atoms with Crippen molar-refractivity contribution < 1.29 is 19.5 Å². The number of benzene rings is 1. The summed E-state index contributed by atoms with van der Waals surface area (Å²) in [6.45, 7) is 0. The Morgan fingerprint density at radius 2 is 1.94 bits per heavy atom. The summed E-state index contributed by atoms with van der Waals surface area (Å²) < 4.78 is 0. The molecule has 1 aliphatic heterocycles. The van der Waals surface area contributed by atoms with Crippen LogP contribution in [0.5, 0.6) is 0 Å². The largest absolute Gasteiger partial charge is 0.478 e. The Labute approximate surface area is 97.4 Å². The number of piperidine rings is 1. The van der Waals surface area contributed by atoms with E-state index in [9.17, 15) is 14.4 Å². The minimum absolute atomic E-state index is 0.0491. The van der Waals surface area contributed by atoms with Gasteiger partial charge in [-0.3, -0.25) is 9.59 Å². The van der Waals surface area contributed by atoms with Crippen molar-refractivity contribution >= 4 is 17.7 Å². The lowest BCUT2D eigenvalue weighted by molar-refractivity contribution is -0.133. The first-order valence-electron chi connectivity index (χ1n) is 5.24. The van der Waals surface area contributed by atoms with E-state index in [2.05, 4.69) is 5.32 Å². The van der Waals surface area contributed by atoms with Gasteiger partial charge in [0.1, 0.15) is 6.04 Å². The molecule has 2 N–H and O–H groups in total. The van der Waals surface area contributed by atoms with Gasteiger partial charge in [0.2, 0.25) is 5.91 Å². The molecule has 1 aliphatic rings. The van der Waals surface area contributed by atoms with Crippen molar-refractivity contribution in [2.45, 2.75) is 18.9 Å². The van der Waals surface area contributed by atoms with Crippen LogP contribution in [0.3, 0.4) is 0 Å². The van der Waals surface area contributed by atoms with E-state index in [1.54, 1.807) is 18.2 Å². The highest BCUT2D eigenvalue weighted by Crippen LogP contribution is 2.23. The van der Waals surface area contributed by atoms with E-state index in [4.69, 9.17) is 5.11 Å². The Morgan fingerprint density at radius 1 is 1.24 bits per heavy atom. The lowest BCUT2D eigenvalue weighted by Gasteiger charge is -2.23. The van der Waals surface area contributed by atoms with Crippen LogP contribution in [0.25, 0.3) is 0 Å². The van der Waals surface area contributed by atoms with E-state index < -0.39 is 12.0 Å². The first-order valence-corrected chi connectivity index (χ1v) is 5.24. The number of aromatic carboxylic acids is 1. The fourth-order valence-corrected chi connectivity index (χ4v) is 1.89. The van der Waals surface area contributed by atoms with Crippen molar-refractivity contribution in [1.29, 1.82) is 0 Å². The van der Waals surface area contributed by atoms with Gasteiger partial charge in [-0.15, -0.1) is 0 Å². The van der Waals surface area contributed by atoms with Crippen LogP contribution in [0.2, 0.25) is 0 Å². The molecule has 0 bridgehead atoms. The van der Waals surface area contributed by atoms with Crippen molar-refractivity contribution in [2.24, 2.45) is 0 Å². The summed E-state index contributed by atoms with van der Waals surface area (Å²) in [6.07, 6.45) is 0.328. The van der Waals surface area contributed by atoms with Gasteiger partial charge < -0.3 is 10.4 Å². The Balaban J connectivity index is 2.42. The second kappa shape index (κ2) is 4.37. The molecule has 1 fully saturated rings. The summed E-state index contributed by atoms with van der Waals surface area (Å²) in [4.78, 5) is 34.0. The van der Waals surface area contributed by atoms with E-state index in [0.29, 0.717) is 5.56 Å². The van der Waals surface area contributed by atoms with Gasteiger partial charge in [0, 0.05) is 12.8 Å². The fraction of sp³-hybridized carbons (Fsp3) is 0.250. The van der Waals surface area contributed by atoms with E-state index >= 15 is 0 Å². The highest BCUT2D eigenvalue weighted by atomic mass is 16.4. The maximum atomic E-state index is 11.7. The zero-order chi connectivity index (χ0) is 12.4. The minimum atomic E-state index is -1.10. The normalized spacial score (nSPS) is 19.9. The molecule has 1 heterocycles. The molecule has 1 atom stereocenters. The van der Waals surface area contributed by atoms with E-state index in [1.165, 1.54) is 6.07 Å². The summed E-state index contributed by atoms with van der Waals surface area (Å²) in [5, 5.41) is 11.6. The van der Waals surface area contributed by atoms with E-state index in [1.807, 2.05) is 0 Å². The Kier molecular flexibility index (Phi) is 2.91. The number of hydrogen-bond acceptors (Lipinski definition) is 3. The fourth-order valence-electron chi connectivity index (χ4n) is 1.89. The third-order valence-electron chi connectivity index (χ3n) is 2.73. The molecule has 5 heteroatoms. The number of carboxylic acid groups (broad SMARTS) is 1. The van der Waals surface area contributed by atoms with Gasteiger partial charge in [0.05, 0.1) is 5.56 Å². The lowest BCUT2D eigenvalue weighted by Crippen LogP contribution is -2.39. The van der Waals surface area contributed by atoms with Gasteiger partial charge in [-0.25, -0.2) is 4.79 Å². The molecule has 2 rings (SSSR count). The maximum absolute atomic E-state index is 11.7. The second-order valence-electron chi connectivity index (χ2n) is 3.86. The van der Waals surface area contributed by atoms with Crippen molar-refractivity contribution in [3.8, 4) is 0 Å². The summed E-state index contributed by atoms with van der Waals surface area (Å²) >= 11 is 0. The molecule has 0 aromatic heterocycles. The molecular weight excluding hydrogens is 222 g/mol. The molecule has 0 radical (unpaired) electrons. The molecular formula is C12H11NO4. The molecule has 0 spiro atoms. The molecule has 17 heavy (non-hydrogen) atoms. The van der Waals surface area contributed by atoms with Gasteiger partial charge in [0.25, 0.3) is 0 Å². The third-order valence-corrected chi connectivity index (χ3v) is 2.73. The van der Waals surface area contributed by atoms with Crippen LogP contribution in [0.15, 0.2) is 24.3 Å². The van der Waals surface area contributed by atoms with Crippen molar-refractivity contribution in [1.82, 2.24) is 5.32 Å². The van der Waals surface area contributed by atoms with Gasteiger partial charge >= 0.3 is 5.97 Å². The number of Topliss-reactive ketones (excluding diaryl/α,β-unsaturated/α-hetero) is 1. The molecule has 1 aromatic carbocycles. The zero-order valence-corrected chi connectivity index (χ0v) is 8.97. The Hall–Kier alpha value is -2.17. The first-order chi connectivity index (χ1) is 8.09. The average molecular weight is 233 g/mol. The molecule has 1 saturated heterocycles. The topological polar surface area (TPSA) is 83.5 Å². The molecule has 0 saturated carbocycles. The number of carbonyl (C=O) groups is 3. The van der Waals surface area contributed by atoms with E-state index in [-0.39, 0.29) is 30.1 Å². The molecule has 1 aromatic rings. The molecule has 1 amide bonds. The van der Waals surface area contributed by atoms with Crippen molar-refractivity contribution in [3.05, 3.63) is 35.4 Å². The number of hydrogen-bond donors (Lipinski definition) is 2. The van der Waals surface area contributed by atoms with Crippen LogP contribution < -0.4 is 5.32 Å². The molecule has 88 valence electrons. The van der Waals surface area contributed by atoms with E-state index in [0.717, 1.165) is 0 Å². The number of rotatable bonds is 2. The predicted molar refractivity (Wildman–Crippen MR) is 58.5 cm³/mol. The third kappa shape index (κ3) is 2.18. The standard InChI is InChI=1S/C12H11NO4/c14-9-5-6-10(15)13-11(9)7-3-1-2-4-8(7)12(16)17/h1-4,11H,5-6H2,(H,13,15)(H,16,17). The van der Waals surface area contributed by atoms with Crippen LogP contribution >= 0.6 is 0 Å². The number of carbonyl (C=O) groups excluding carboxylic acids is 2. The highest BCUT2D eigenvalue weighted by Gasteiger charge is 2.30. The monoisotopic (exact) mass is 233 g/mol. The second-order valence-corrected chi connectivity index (χ2v) is 3.86. The molecule has 5 nitrogen and oxygen atoms in total. The number of amides is 1. The number of nitrogens with one attached hydrogen (secondary N) is 1. The number of carboxylic acids is 1. The summed E-state index contributed by atoms with van der Waals surface area (Å²) in [5.74, 6) is -1.48. The smallest absolute Gasteiger partial charge is 0.336 e. The first kappa shape index (κ1) is 11.3. The number of ketones is 1. The van der Waals surface area contributed by atoms with Gasteiger partial charge in [0.15, 0.2) is 5.78 Å². The van der Waals surface area contributed by atoms with Crippen LogP contribution in [0, 0.1) is 0 Å². The van der Waals surface area contributed by atoms with Crippen LogP contribution in [-0.4, -0.2) is 22.8 Å². The summed E-state index contributed by atoms with van der Waals surface area (Å²) in [7, 11) is 0. The summed E-state index contributed by atoms with van der Waals surface area (Å²) in [5.41, 5.74) is 0.395. The maximum Gasteiger partial charge on any atom is 0.336 e. The molecule has 1 unspecified atom stereocenters. The van der Waals surface area contributed by atoms with Gasteiger partial charge in [-0.1, -0.05) is 18.2 Å². The quantitative estimate of drug-likeness (QED) is 0.795. The molecule has 0 aliphatic carbocycles. The van der Waals surface area contributed by atoms with Gasteiger partial charge in [-0.2, -0.15) is 0 Å². The van der Waals surface area contributed by atoms with Crippen LogP contribution in [0.4, 0.5) is 0 Å². The average Bonchev–Trinajstić information content (AvgIpc) is 2.32. The predicted octanol–water partition coefficient (Wildman–Crippen LogP) is 0.905. The van der Waals surface area contributed by atoms with Crippen molar-refractivity contribution in [2.75, 3.05) is 0 Å². The SMILES string of the molecule is O=C1CCC(=O)C(c2ccccc2C(=O)O)N1. The van der Waals surface area contributed by atoms with Gasteiger partial charge in [-0.05, 0) is 11.6 Å². The highest BCUT2D eigenvalue weighted by molar-refractivity contribution is 5.99. The van der Waals surface area contributed by atoms with Crippen molar-refractivity contribution in [3.63, 3.8) is 0 Å². The summed E-state index contributed by atoms with van der Waals surface area (Å²) in [6, 6.07) is 5.38.